The molecule has 1 N–H and O–H groups in total. The van der Waals surface area contributed by atoms with Crippen molar-refractivity contribution < 1.29 is 18.7 Å². The van der Waals surface area contributed by atoms with Crippen LogP contribution in [0, 0.1) is 13.8 Å². The number of ether oxygens (including phenoxy) is 2. The number of methoxy groups -OCH3 is 1. The molecular weight excluding hydrogens is 424 g/mol. The van der Waals surface area contributed by atoms with Gasteiger partial charge in [-0.25, -0.2) is 0 Å². The zero-order valence-corrected chi connectivity index (χ0v) is 19.0. The van der Waals surface area contributed by atoms with Gasteiger partial charge < -0.3 is 19.2 Å². The Labute approximate surface area is 192 Å². The smallest absolute Gasteiger partial charge is 0.276 e. The number of amides is 1. The molecule has 0 aliphatic carbocycles. The molecule has 0 atom stereocenters. The Morgan fingerprint density at radius 2 is 1.97 bits per heavy atom. The summed E-state index contributed by atoms with van der Waals surface area (Å²) in [6.45, 7) is 4.72. The molecule has 4 rings (SSSR count). The van der Waals surface area contributed by atoms with Gasteiger partial charge in [-0.2, -0.15) is 0 Å². The monoisotopic (exact) mass is 448 g/mol. The summed E-state index contributed by atoms with van der Waals surface area (Å²) < 4.78 is 16.9. The third-order valence-electron chi connectivity index (χ3n) is 5.41. The van der Waals surface area contributed by atoms with Crippen molar-refractivity contribution in [2.24, 2.45) is 0 Å². The fourth-order valence-corrected chi connectivity index (χ4v) is 3.73. The van der Waals surface area contributed by atoms with E-state index in [1.807, 2.05) is 43.3 Å². The number of thiocarbonyl (C=S) groups is 1. The highest BCUT2D eigenvalue weighted by molar-refractivity contribution is 7.80. The minimum atomic E-state index is -0.199. The summed E-state index contributed by atoms with van der Waals surface area (Å²) >= 11 is 5.34. The van der Waals surface area contributed by atoms with Crippen LogP contribution < -0.4 is 14.8 Å². The first kappa shape index (κ1) is 21.6. The van der Waals surface area contributed by atoms with Crippen LogP contribution in [-0.4, -0.2) is 23.0 Å². The van der Waals surface area contributed by atoms with Gasteiger partial charge >= 0.3 is 0 Å². The highest BCUT2D eigenvalue weighted by atomic mass is 32.1. The summed E-state index contributed by atoms with van der Waals surface area (Å²) in [7, 11) is 1.63. The second kappa shape index (κ2) is 9.28. The van der Waals surface area contributed by atoms with Gasteiger partial charge in [-0.15, -0.1) is 0 Å². The largest absolute Gasteiger partial charge is 0.496 e. The Hall–Kier alpha value is -3.58. The number of rotatable bonds is 7. The van der Waals surface area contributed by atoms with Crippen LogP contribution >= 0.6 is 12.2 Å². The number of carbonyl (C=O) groups excluding carboxylic acids is 1. The van der Waals surface area contributed by atoms with Crippen LogP contribution in [0.25, 0.3) is 6.08 Å². The van der Waals surface area contributed by atoms with Crippen LogP contribution in [0.1, 0.15) is 28.0 Å². The molecule has 1 aliphatic rings. The Kier molecular flexibility index (Phi) is 6.28. The fraction of sp³-hybridized carbons (Fsp3) is 0.200. The molecule has 1 saturated heterocycles. The number of aryl methyl sites for hydroxylation is 1. The van der Waals surface area contributed by atoms with E-state index in [-0.39, 0.29) is 12.5 Å². The molecule has 7 heteroatoms. The first-order chi connectivity index (χ1) is 15.5. The average Bonchev–Trinajstić information content (AvgIpc) is 3.39. The van der Waals surface area contributed by atoms with E-state index < -0.39 is 0 Å². The normalized spacial score (nSPS) is 14.7. The second-order valence-electron chi connectivity index (χ2n) is 7.52. The van der Waals surface area contributed by atoms with E-state index in [0.29, 0.717) is 23.2 Å². The third-order valence-corrected chi connectivity index (χ3v) is 5.73. The first-order valence-electron chi connectivity index (χ1n) is 10.2. The van der Waals surface area contributed by atoms with Crippen molar-refractivity contribution in [2.45, 2.75) is 27.0 Å². The van der Waals surface area contributed by atoms with Gasteiger partial charge in [-0.05, 0) is 79.2 Å². The number of hydrogen-bond donors (Lipinski definition) is 1. The summed E-state index contributed by atoms with van der Waals surface area (Å²) in [6, 6.07) is 15.3. The molecule has 3 aromatic rings. The third kappa shape index (κ3) is 4.53. The minimum absolute atomic E-state index is 0.199. The first-order valence-corrected chi connectivity index (χ1v) is 10.6. The highest BCUT2D eigenvalue weighted by Gasteiger charge is 2.31. The summed E-state index contributed by atoms with van der Waals surface area (Å²) in [5.41, 5.74) is 4.41. The maximum absolute atomic E-state index is 12.9. The molecule has 32 heavy (non-hydrogen) atoms. The lowest BCUT2D eigenvalue weighted by Crippen LogP contribution is -2.29. The number of nitrogens with zero attached hydrogens (tertiary/aromatic N) is 1. The van der Waals surface area contributed by atoms with Crippen molar-refractivity contribution in [2.75, 3.05) is 7.11 Å². The van der Waals surface area contributed by atoms with Crippen LogP contribution in [-0.2, 0) is 17.9 Å². The minimum Gasteiger partial charge on any atom is -0.496 e. The molecule has 0 bridgehead atoms. The Morgan fingerprint density at radius 1 is 1.12 bits per heavy atom. The maximum Gasteiger partial charge on any atom is 0.276 e. The molecular formula is C25H24N2O4S. The molecule has 6 nitrogen and oxygen atoms in total. The number of carbonyl (C=O) groups is 1. The van der Waals surface area contributed by atoms with Crippen molar-refractivity contribution in [1.82, 2.24) is 10.2 Å². The van der Waals surface area contributed by atoms with Crippen LogP contribution in [0.2, 0.25) is 0 Å². The summed E-state index contributed by atoms with van der Waals surface area (Å²) in [5.74, 6) is 2.02. The van der Waals surface area contributed by atoms with Crippen LogP contribution in [0.3, 0.4) is 0 Å². The number of furan rings is 1. The molecule has 0 radical (unpaired) electrons. The van der Waals surface area contributed by atoms with Crippen molar-refractivity contribution in [3.8, 4) is 11.5 Å². The molecule has 0 spiro atoms. The van der Waals surface area contributed by atoms with E-state index in [9.17, 15) is 4.79 Å². The molecule has 0 saturated carbocycles. The quantitative estimate of drug-likeness (QED) is 0.416. The van der Waals surface area contributed by atoms with E-state index in [2.05, 4.69) is 18.3 Å². The number of benzene rings is 2. The Morgan fingerprint density at radius 3 is 2.72 bits per heavy atom. The predicted octanol–water partition coefficient (Wildman–Crippen LogP) is 4.74. The maximum atomic E-state index is 12.9. The molecule has 0 unspecified atom stereocenters. The highest BCUT2D eigenvalue weighted by Crippen LogP contribution is 2.26. The van der Waals surface area contributed by atoms with E-state index in [1.165, 1.54) is 10.5 Å². The zero-order valence-electron chi connectivity index (χ0n) is 18.2. The number of nitrogens with one attached hydrogen (secondary N) is 1. The zero-order chi connectivity index (χ0) is 22.7. The van der Waals surface area contributed by atoms with Crippen molar-refractivity contribution in [3.05, 3.63) is 88.5 Å². The number of hydrogen-bond acceptors (Lipinski definition) is 5. The predicted molar refractivity (Wildman–Crippen MR) is 126 cm³/mol. The van der Waals surface area contributed by atoms with Crippen LogP contribution in [0.15, 0.2) is 64.9 Å². The van der Waals surface area contributed by atoms with Crippen molar-refractivity contribution >= 4 is 29.3 Å². The van der Waals surface area contributed by atoms with E-state index in [0.717, 1.165) is 28.2 Å². The van der Waals surface area contributed by atoms with Gasteiger partial charge in [0.25, 0.3) is 5.91 Å². The lowest BCUT2D eigenvalue weighted by Gasteiger charge is -2.14. The molecule has 2 heterocycles. The van der Waals surface area contributed by atoms with E-state index in [1.54, 1.807) is 25.5 Å². The summed E-state index contributed by atoms with van der Waals surface area (Å²) in [5, 5.41) is 3.35. The van der Waals surface area contributed by atoms with Crippen molar-refractivity contribution in [3.63, 3.8) is 0 Å². The fourth-order valence-electron chi connectivity index (χ4n) is 3.48. The summed E-state index contributed by atoms with van der Waals surface area (Å²) in [6.07, 6.45) is 3.35. The SMILES string of the molecule is COc1ccc(/C=C2/NC(=S)N(Cc3ccco3)C2=O)cc1COc1cccc(C)c1C. The molecule has 164 valence electrons. The Balaban J connectivity index is 1.54. The topological polar surface area (TPSA) is 63.9 Å². The molecule has 1 aliphatic heterocycles. The molecule has 1 aromatic heterocycles. The van der Waals surface area contributed by atoms with E-state index >= 15 is 0 Å². The van der Waals surface area contributed by atoms with Crippen LogP contribution in [0.5, 0.6) is 11.5 Å². The van der Waals surface area contributed by atoms with E-state index in [4.69, 9.17) is 26.1 Å². The van der Waals surface area contributed by atoms with Gasteiger partial charge in [0, 0.05) is 5.56 Å². The van der Waals surface area contributed by atoms with Gasteiger partial charge in [0.2, 0.25) is 0 Å². The standard InChI is InChI=1S/C25H24N2O4S/c1-16-6-4-8-22(17(16)2)31-15-19-12-18(9-10-23(19)29-3)13-21-24(28)27(25(32)26-21)14-20-7-5-11-30-20/h4-13H,14-15H2,1-3H3,(H,26,32)/b21-13+. The molecule has 1 amide bonds. The van der Waals surface area contributed by atoms with Gasteiger partial charge in [-0.1, -0.05) is 18.2 Å². The van der Waals surface area contributed by atoms with Crippen molar-refractivity contribution in [1.29, 1.82) is 0 Å². The van der Waals surface area contributed by atoms with Gasteiger partial charge in [0.05, 0.1) is 19.9 Å². The summed E-state index contributed by atoms with van der Waals surface area (Å²) in [4.78, 5) is 14.3. The second-order valence-corrected chi connectivity index (χ2v) is 7.90. The average molecular weight is 449 g/mol. The molecule has 1 fully saturated rings. The van der Waals surface area contributed by atoms with Gasteiger partial charge in [0.15, 0.2) is 5.11 Å². The van der Waals surface area contributed by atoms with Crippen LogP contribution in [0.4, 0.5) is 0 Å². The Bertz CT molecular complexity index is 1180. The van der Waals surface area contributed by atoms with Gasteiger partial charge in [-0.3, -0.25) is 9.69 Å². The lowest BCUT2D eigenvalue weighted by molar-refractivity contribution is -0.122. The van der Waals surface area contributed by atoms with Gasteiger partial charge in [0.1, 0.15) is 29.6 Å². The molecule has 2 aromatic carbocycles. The lowest BCUT2D eigenvalue weighted by atomic mass is 10.1.